The van der Waals surface area contributed by atoms with Gasteiger partial charge in [0.15, 0.2) is 0 Å². The summed E-state index contributed by atoms with van der Waals surface area (Å²) >= 11 is 6.72. The Kier molecular flexibility index (Phi) is 5.10. The molecule has 0 spiro atoms. The van der Waals surface area contributed by atoms with Crippen molar-refractivity contribution in [3.8, 4) is 11.1 Å². The molecule has 0 radical (unpaired) electrons. The molecule has 1 fully saturated rings. The molecule has 1 N–H and O–H groups in total. The van der Waals surface area contributed by atoms with Gasteiger partial charge in [-0.1, -0.05) is 30.7 Å². The Morgan fingerprint density at radius 3 is 2.76 bits per heavy atom. The number of aromatic amines is 1. The number of nitrogens with zero attached hydrogens (tertiary/aromatic N) is 3. The summed E-state index contributed by atoms with van der Waals surface area (Å²) < 4.78 is 24.6. The first-order chi connectivity index (χ1) is 13.8. The predicted octanol–water partition coefficient (Wildman–Crippen LogP) is 3.05. The lowest BCUT2D eigenvalue weighted by molar-refractivity contribution is -0.119. The number of rotatable bonds is 4. The number of piperazine rings is 1. The lowest BCUT2D eigenvalue weighted by atomic mass is 10.0. The van der Waals surface area contributed by atoms with Crippen LogP contribution in [-0.2, 0) is 21.2 Å². The van der Waals surface area contributed by atoms with Crippen LogP contribution >= 0.6 is 11.6 Å². The van der Waals surface area contributed by atoms with Crippen LogP contribution in [0, 0.1) is 0 Å². The molecule has 0 atom stereocenters. The molecule has 1 saturated heterocycles. The molecule has 0 aliphatic carbocycles. The van der Waals surface area contributed by atoms with Crippen LogP contribution in [0.1, 0.15) is 12.5 Å². The number of anilines is 1. The summed E-state index contributed by atoms with van der Waals surface area (Å²) in [6.07, 6.45) is 5.60. The standard InChI is InChI=1S/C20H21ClN4O3S/c1-3-13-10-22-20-18(13)19(21)16(11-23-20)14-5-4-6-15(9-14)25-8-7-24(12-17(25)26)29(2,27)28/h4-6,9-11H,3,7-8,12H2,1-2H3,(H,22,23). The summed E-state index contributed by atoms with van der Waals surface area (Å²) in [5, 5.41) is 1.54. The van der Waals surface area contributed by atoms with Crippen molar-refractivity contribution in [3.63, 3.8) is 0 Å². The number of fused-ring (bicyclic) bond motifs is 1. The Balaban J connectivity index is 1.69. The number of carbonyl (C=O) groups is 1. The van der Waals surface area contributed by atoms with E-state index >= 15 is 0 Å². The molecule has 1 amide bonds. The Morgan fingerprint density at radius 1 is 1.28 bits per heavy atom. The molecule has 152 valence electrons. The normalized spacial score (nSPS) is 16.0. The van der Waals surface area contributed by atoms with Crippen LogP contribution in [0.4, 0.5) is 5.69 Å². The highest BCUT2D eigenvalue weighted by Gasteiger charge is 2.30. The third kappa shape index (κ3) is 3.63. The van der Waals surface area contributed by atoms with Crippen molar-refractivity contribution < 1.29 is 13.2 Å². The largest absolute Gasteiger partial charge is 0.346 e. The second kappa shape index (κ2) is 7.44. The minimum absolute atomic E-state index is 0.152. The van der Waals surface area contributed by atoms with E-state index in [1.807, 2.05) is 30.5 Å². The molecular weight excluding hydrogens is 412 g/mol. The summed E-state index contributed by atoms with van der Waals surface area (Å²) in [6.45, 7) is 2.49. The summed E-state index contributed by atoms with van der Waals surface area (Å²) in [6, 6.07) is 7.51. The lowest BCUT2D eigenvalue weighted by Gasteiger charge is -2.33. The Morgan fingerprint density at radius 2 is 2.07 bits per heavy atom. The van der Waals surface area contributed by atoms with Crippen molar-refractivity contribution in [1.82, 2.24) is 14.3 Å². The van der Waals surface area contributed by atoms with Crippen molar-refractivity contribution in [3.05, 3.63) is 47.2 Å². The van der Waals surface area contributed by atoms with E-state index in [0.717, 1.165) is 40.4 Å². The average Bonchev–Trinajstić information content (AvgIpc) is 3.12. The van der Waals surface area contributed by atoms with E-state index in [1.54, 1.807) is 11.1 Å². The van der Waals surface area contributed by atoms with Gasteiger partial charge >= 0.3 is 0 Å². The first kappa shape index (κ1) is 19.9. The van der Waals surface area contributed by atoms with Crippen LogP contribution in [-0.4, -0.2) is 54.5 Å². The molecule has 3 heterocycles. The third-order valence-corrected chi connectivity index (χ3v) is 6.87. The highest BCUT2D eigenvalue weighted by Crippen LogP contribution is 2.36. The Bertz CT molecular complexity index is 1210. The number of amides is 1. The number of sulfonamides is 1. The molecule has 0 unspecified atom stereocenters. The number of carbonyl (C=O) groups excluding carboxylic acids is 1. The second-order valence-corrected chi connectivity index (χ2v) is 9.43. The van der Waals surface area contributed by atoms with Crippen LogP contribution in [0.5, 0.6) is 0 Å². The molecule has 0 saturated carbocycles. The number of H-pyrrole nitrogens is 1. The van der Waals surface area contributed by atoms with Crippen LogP contribution in [0.15, 0.2) is 36.7 Å². The number of nitrogens with one attached hydrogen (secondary N) is 1. The number of hydrogen-bond acceptors (Lipinski definition) is 4. The van der Waals surface area contributed by atoms with Crippen molar-refractivity contribution in [2.24, 2.45) is 0 Å². The van der Waals surface area contributed by atoms with Crippen LogP contribution in [0.3, 0.4) is 0 Å². The predicted molar refractivity (Wildman–Crippen MR) is 115 cm³/mol. The minimum atomic E-state index is -3.39. The molecule has 4 rings (SSSR count). The van der Waals surface area contributed by atoms with Crippen LogP contribution in [0.2, 0.25) is 5.02 Å². The topological polar surface area (TPSA) is 86.4 Å². The highest BCUT2D eigenvalue weighted by molar-refractivity contribution is 7.88. The maximum absolute atomic E-state index is 12.6. The first-order valence-corrected chi connectivity index (χ1v) is 11.5. The fourth-order valence-electron chi connectivity index (χ4n) is 3.65. The maximum atomic E-state index is 12.6. The Labute approximate surface area is 174 Å². The zero-order chi connectivity index (χ0) is 20.8. The van der Waals surface area contributed by atoms with Crippen LogP contribution in [0.25, 0.3) is 22.2 Å². The van der Waals surface area contributed by atoms with E-state index in [2.05, 4.69) is 16.9 Å². The molecule has 2 aromatic heterocycles. The molecule has 29 heavy (non-hydrogen) atoms. The van der Waals surface area contributed by atoms with Gasteiger partial charge in [0, 0.05) is 42.1 Å². The Hall–Kier alpha value is -2.42. The van der Waals surface area contributed by atoms with Gasteiger partial charge in [0.2, 0.25) is 15.9 Å². The van der Waals surface area contributed by atoms with Crippen molar-refractivity contribution in [2.45, 2.75) is 13.3 Å². The number of aryl methyl sites for hydroxylation is 1. The number of aromatic nitrogens is 2. The fraction of sp³-hybridized carbons (Fsp3) is 0.300. The van der Waals surface area contributed by atoms with E-state index in [1.165, 1.54) is 4.31 Å². The number of benzene rings is 1. The highest BCUT2D eigenvalue weighted by atomic mass is 35.5. The summed E-state index contributed by atoms with van der Waals surface area (Å²) in [7, 11) is -3.39. The van der Waals surface area contributed by atoms with Gasteiger partial charge in [-0.2, -0.15) is 4.31 Å². The van der Waals surface area contributed by atoms with Crippen LogP contribution < -0.4 is 4.90 Å². The lowest BCUT2D eigenvalue weighted by Crippen LogP contribution is -2.52. The third-order valence-electron chi connectivity index (χ3n) is 5.22. The zero-order valence-corrected chi connectivity index (χ0v) is 17.7. The van der Waals surface area contributed by atoms with Crippen molar-refractivity contribution in [2.75, 3.05) is 30.8 Å². The summed E-state index contributed by atoms with van der Waals surface area (Å²) in [5.74, 6) is -0.252. The molecule has 9 heteroatoms. The number of halogens is 1. The second-order valence-electron chi connectivity index (χ2n) is 7.07. The number of pyridine rings is 1. The quantitative estimate of drug-likeness (QED) is 0.686. The molecule has 3 aromatic rings. The molecule has 1 aliphatic heterocycles. The maximum Gasteiger partial charge on any atom is 0.242 e. The summed E-state index contributed by atoms with van der Waals surface area (Å²) in [4.78, 5) is 21.8. The smallest absolute Gasteiger partial charge is 0.242 e. The van der Waals surface area contributed by atoms with Gasteiger partial charge in [-0.3, -0.25) is 4.79 Å². The fourth-order valence-corrected chi connectivity index (χ4v) is 4.78. The van der Waals surface area contributed by atoms with E-state index in [4.69, 9.17) is 11.6 Å². The minimum Gasteiger partial charge on any atom is -0.346 e. The van der Waals surface area contributed by atoms with Gasteiger partial charge in [0.1, 0.15) is 5.65 Å². The van der Waals surface area contributed by atoms with E-state index in [0.29, 0.717) is 17.3 Å². The SMILES string of the molecule is CCc1c[nH]c2ncc(-c3cccc(N4CCN(S(C)(=O)=O)CC4=O)c3)c(Cl)c12. The number of hydrogen-bond donors (Lipinski definition) is 1. The average molecular weight is 433 g/mol. The van der Waals surface area contributed by atoms with E-state index < -0.39 is 10.0 Å². The molecule has 1 aromatic carbocycles. The van der Waals surface area contributed by atoms with Gasteiger partial charge in [-0.25, -0.2) is 13.4 Å². The van der Waals surface area contributed by atoms with Gasteiger partial charge in [0.25, 0.3) is 0 Å². The molecule has 7 nitrogen and oxygen atoms in total. The monoisotopic (exact) mass is 432 g/mol. The molecule has 1 aliphatic rings. The van der Waals surface area contributed by atoms with Gasteiger partial charge < -0.3 is 9.88 Å². The van der Waals surface area contributed by atoms with Gasteiger partial charge in [0.05, 0.1) is 17.8 Å². The van der Waals surface area contributed by atoms with E-state index in [-0.39, 0.29) is 19.0 Å². The van der Waals surface area contributed by atoms with Crippen molar-refractivity contribution >= 4 is 44.3 Å². The van der Waals surface area contributed by atoms with Gasteiger partial charge in [-0.15, -0.1) is 0 Å². The first-order valence-electron chi connectivity index (χ1n) is 9.30. The summed E-state index contributed by atoms with van der Waals surface area (Å²) in [5.41, 5.74) is 4.20. The molecule has 0 bridgehead atoms. The van der Waals surface area contributed by atoms with Gasteiger partial charge in [-0.05, 0) is 29.7 Å². The zero-order valence-electron chi connectivity index (χ0n) is 16.1. The van der Waals surface area contributed by atoms with E-state index in [9.17, 15) is 13.2 Å². The molecular formula is C20H21ClN4O3S. The van der Waals surface area contributed by atoms with Crippen molar-refractivity contribution in [1.29, 1.82) is 0 Å².